The van der Waals surface area contributed by atoms with Crippen LogP contribution in [0.2, 0.25) is 0 Å². The van der Waals surface area contributed by atoms with Gasteiger partial charge in [-0.05, 0) is 26.0 Å². The molecule has 2 rings (SSSR count). The monoisotopic (exact) mass is 232 g/mol. The number of carbonyl (C=O) groups is 1. The van der Waals surface area contributed by atoms with Gasteiger partial charge in [-0.15, -0.1) is 0 Å². The summed E-state index contributed by atoms with van der Waals surface area (Å²) in [5.41, 5.74) is 1.65. The number of oxazole rings is 1. The van der Waals surface area contributed by atoms with Gasteiger partial charge in [-0.2, -0.15) is 0 Å². The van der Waals surface area contributed by atoms with Crippen molar-refractivity contribution in [3.8, 4) is 11.6 Å². The van der Waals surface area contributed by atoms with Crippen molar-refractivity contribution >= 4 is 5.97 Å². The molecule has 5 nitrogen and oxygen atoms in total. The van der Waals surface area contributed by atoms with E-state index in [-0.39, 0.29) is 5.69 Å². The zero-order valence-electron chi connectivity index (χ0n) is 9.85. The third-order valence-corrected chi connectivity index (χ3v) is 2.28. The molecule has 0 unspecified atom stereocenters. The lowest BCUT2D eigenvalue weighted by Crippen LogP contribution is -2.03. The minimum absolute atomic E-state index is 0.186. The number of pyridine rings is 1. The van der Waals surface area contributed by atoms with Gasteiger partial charge in [0.2, 0.25) is 5.89 Å². The summed E-state index contributed by atoms with van der Waals surface area (Å²) in [6.45, 7) is 3.54. The van der Waals surface area contributed by atoms with Crippen LogP contribution in [0.3, 0.4) is 0 Å². The SMILES string of the molecule is COC(=O)c1nc(-c2cccc(C)n2)oc1C. The Morgan fingerprint density at radius 2 is 2.06 bits per heavy atom. The van der Waals surface area contributed by atoms with E-state index in [1.165, 1.54) is 7.11 Å². The Balaban J connectivity index is 2.44. The van der Waals surface area contributed by atoms with Crippen molar-refractivity contribution in [3.63, 3.8) is 0 Å². The molecule has 0 saturated carbocycles. The van der Waals surface area contributed by atoms with Gasteiger partial charge in [0.1, 0.15) is 11.5 Å². The van der Waals surface area contributed by atoms with Gasteiger partial charge in [-0.3, -0.25) is 0 Å². The first-order valence-electron chi connectivity index (χ1n) is 5.11. The predicted octanol–water partition coefficient (Wildman–Crippen LogP) is 2.14. The molecule has 17 heavy (non-hydrogen) atoms. The van der Waals surface area contributed by atoms with E-state index in [0.29, 0.717) is 17.3 Å². The van der Waals surface area contributed by atoms with Crippen molar-refractivity contribution < 1.29 is 13.9 Å². The second-order valence-corrected chi connectivity index (χ2v) is 3.58. The van der Waals surface area contributed by atoms with Crippen LogP contribution in [0.25, 0.3) is 11.6 Å². The van der Waals surface area contributed by atoms with Crippen LogP contribution in [0.5, 0.6) is 0 Å². The van der Waals surface area contributed by atoms with Crippen LogP contribution in [0.1, 0.15) is 21.9 Å². The summed E-state index contributed by atoms with van der Waals surface area (Å²) in [5, 5.41) is 0. The zero-order chi connectivity index (χ0) is 12.4. The summed E-state index contributed by atoms with van der Waals surface area (Å²) in [7, 11) is 1.31. The van der Waals surface area contributed by atoms with Crippen LogP contribution < -0.4 is 0 Å². The summed E-state index contributed by atoms with van der Waals surface area (Å²) < 4.78 is 10.0. The largest absolute Gasteiger partial charge is 0.464 e. The highest BCUT2D eigenvalue weighted by Crippen LogP contribution is 2.20. The first-order valence-corrected chi connectivity index (χ1v) is 5.11. The number of esters is 1. The van der Waals surface area contributed by atoms with E-state index < -0.39 is 5.97 Å². The second-order valence-electron chi connectivity index (χ2n) is 3.58. The molecule has 2 aromatic heterocycles. The number of ether oxygens (including phenoxy) is 1. The highest BCUT2D eigenvalue weighted by Gasteiger charge is 2.18. The van der Waals surface area contributed by atoms with Crippen molar-refractivity contribution in [1.29, 1.82) is 0 Å². The van der Waals surface area contributed by atoms with Crippen LogP contribution in [-0.2, 0) is 4.74 Å². The number of hydrogen-bond donors (Lipinski definition) is 0. The van der Waals surface area contributed by atoms with Crippen molar-refractivity contribution in [3.05, 3.63) is 35.3 Å². The smallest absolute Gasteiger partial charge is 0.360 e. The standard InChI is InChI=1S/C12H12N2O3/c1-7-5-4-6-9(13-7)11-14-10(8(2)17-11)12(15)16-3/h4-6H,1-3H3. The summed E-state index contributed by atoms with van der Waals surface area (Å²) >= 11 is 0. The van der Waals surface area contributed by atoms with Gasteiger partial charge in [-0.25, -0.2) is 14.8 Å². The van der Waals surface area contributed by atoms with Crippen LogP contribution >= 0.6 is 0 Å². The molecule has 0 saturated heterocycles. The van der Waals surface area contributed by atoms with Crippen molar-refractivity contribution in [2.75, 3.05) is 7.11 Å². The van der Waals surface area contributed by atoms with E-state index in [0.717, 1.165) is 5.69 Å². The molecule has 0 fully saturated rings. The summed E-state index contributed by atoms with van der Waals surface area (Å²) in [6, 6.07) is 5.51. The molecule has 0 bridgehead atoms. The first kappa shape index (κ1) is 11.3. The van der Waals surface area contributed by atoms with E-state index in [9.17, 15) is 4.79 Å². The van der Waals surface area contributed by atoms with Gasteiger partial charge in [-0.1, -0.05) is 6.07 Å². The molecule has 2 aromatic rings. The lowest BCUT2D eigenvalue weighted by molar-refractivity contribution is 0.0593. The molecule has 0 aromatic carbocycles. The number of hydrogen-bond acceptors (Lipinski definition) is 5. The number of methoxy groups -OCH3 is 1. The average molecular weight is 232 g/mol. The van der Waals surface area contributed by atoms with Gasteiger partial charge in [0.05, 0.1) is 7.11 Å². The average Bonchev–Trinajstić information content (AvgIpc) is 2.70. The molecule has 88 valence electrons. The maximum Gasteiger partial charge on any atom is 0.360 e. The second kappa shape index (κ2) is 4.37. The Morgan fingerprint density at radius 3 is 2.71 bits per heavy atom. The quantitative estimate of drug-likeness (QED) is 0.742. The number of carbonyl (C=O) groups excluding carboxylic acids is 1. The Hall–Kier alpha value is -2.17. The number of rotatable bonds is 2. The summed E-state index contributed by atoms with van der Waals surface area (Å²) in [5.74, 6) is 0.243. The van der Waals surface area contributed by atoms with Gasteiger partial charge < -0.3 is 9.15 Å². The molecule has 0 spiro atoms. The highest BCUT2D eigenvalue weighted by molar-refractivity contribution is 5.88. The molecule has 0 aliphatic carbocycles. The fourth-order valence-electron chi connectivity index (χ4n) is 1.45. The fourth-order valence-corrected chi connectivity index (χ4v) is 1.45. The fraction of sp³-hybridized carbons (Fsp3) is 0.250. The maximum atomic E-state index is 11.4. The number of nitrogens with zero attached hydrogens (tertiary/aromatic N) is 2. The minimum Gasteiger partial charge on any atom is -0.464 e. The van der Waals surface area contributed by atoms with E-state index in [2.05, 4.69) is 14.7 Å². The summed E-state index contributed by atoms with van der Waals surface area (Å²) in [4.78, 5) is 19.7. The Bertz CT molecular complexity index is 561. The number of aromatic nitrogens is 2. The van der Waals surface area contributed by atoms with Gasteiger partial charge in [0.15, 0.2) is 5.69 Å². The molecule has 0 atom stereocenters. The Kier molecular flexibility index (Phi) is 2.91. The van der Waals surface area contributed by atoms with E-state index in [1.54, 1.807) is 13.0 Å². The third kappa shape index (κ3) is 2.18. The maximum absolute atomic E-state index is 11.4. The van der Waals surface area contributed by atoms with Crippen LogP contribution in [-0.4, -0.2) is 23.0 Å². The molecule has 0 amide bonds. The highest BCUT2D eigenvalue weighted by atomic mass is 16.5. The van der Waals surface area contributed by atoms with Gasteiger partial charge >= 0.3 is 5.97 Å². The molecule has 5 heteroatoms. The van der Waals surface area contributed by atoms with Gasteiger partial charge in [0.25, 0.3) is 0 Å². The third-order valence-electron chi connectivity index (χ3n) is 2.28. The molecule has 0 aliphatic rings. The Morgan fingerprint density at radius 1 is 1.29 bits per heavy atom. The molecular formula is C12H12N2O3. The molecule has 0 N–H and O–H groups in total. The molecule has 0 aliphatic heterocycles. The van der Waals surface area contributed by atoms with E-state index >= 15 is 0 Å². The minimum atomic E-state index is -0.509. The lowest BCUT2D eigenvalue weighted by Gasteiger charge is -1.95. The summed E-state index contributed by atoms with van der Waals surface area (Å²) in [6.07, 6.45) is 0. The first-order chi connectivity index (χ1) is 8.11. The van der Waals surface area contributed by atoms with Crippen LogP contribution in [0, 0.1) is 13.8 Å². The number of aryl methyl sites for hydroxylation is 2. The normalized spacial score (nSPS) is 10.3. The molecular weight excluding hydrogens is 220 g/mol. The van der Waals surface area contributed by atoms with E-state index in [1.807, 2.05) is 19.1 Å². The Labute approximate surface area is 98.5 Å². The van der Waals surface area contributed by atoms with E-state index in [4.69, 9.17) is 4.42 Å². The van der Waals surface area contributed by atoms with Gasteiger partial charge in [0, 0.05) is 5.69 Å². The molecule has 2 heterocycles. The van der Waals surface area contributed by atoms with Crippen molar-refractivity contribution in [2.45, 2.75) is 13.8 Å². The topological polar surface area (TPSA) is 65.2 Å². The van der Waals surface area contributed by atoms with Crippen LogP contribution in [0.4, 0.5) is 0 Å². The van der Waals surface area contributed by atoms with Crippen molar-refractivity contribution in [2.24, 2.45) is 0 Å². The molecule has 0 radical (unpaired) electrons. The van der Waals surface area contributed by atoms with Crippen LogP contribution in [0.15, 0.2) is 22.6 Å². The zero-order valence-corrected chi connectivity index (χ0v) is 9.85. The van der Waals surface area contributed by atoms with Crippen molar-refractivity contribution in [1.82, 2.24) is 9.97 Å². The predicted molar refractivity (Wildman–Crippen MR) is 60.5 cm³/mol. The lowest BCUT2D eigenvalue weighted by atomic mass is 10.3.